The summed E-state index contributed by atoms with van der Waals surface area (Å²) in [7, 11) is 0. The van der Waals surface area contributed by atoms with Crippen LogP contribution in [0.1, 0.15) is 36.7 Å². The first-order valence-corrected chi connectivity index (χ1v) is 6.02. The molecule has 1 N–H and O–H groups in total. The van der Waals surface area contributed by atoms with E-state index >= 15 is 0 Å². The summed E-state index contributed by atoms with van der Waals surface area (Å²) in [5.41, 5.74) is -0.402. The van der Waals surface area contributed by atoms with E-state index in [1.807, 2.05) is 6.92 Å². The van der Waals surface area contributed by atoms with Crippen LogP contribution in [0.3, 0.4) is 0 Å². The second-order valence-corrected chi connectivity index (χ2v) is 4.75. The van der Waals surface area contributed by atoms with Crippen molar-refractivity contribution in [2.45, 2.75) is 31.7 Å². The highest BCUT2D eigenvalue weighted by molar-refractivity contribution is 9.10. The number of carbonyl (C=O) groups excluding carboxylic acids is 1. The fourth-order valence-electron chi connectivity index (χ4n) is 2.14. The smallest absolute Gasteiger partial charge is 0.219 e. The molecule has 1 aliphatic heterocycles. The number of hydrogen-bond donors (Lipinski definition) is 1. The topological polar surface area (TPSA) is 42.2 Å². The van der Waals surface area contributed by atoms with Crippen LogP contribution in [0.15, 0.2) is 21.2 Å². The summed E-state index contributed by atoms with van der Waals surface area (Å²) in [5.74, 6) is 0.505. The standard InChI is InChI=1S/C11H14BrNO2/c1-2-11(5-3-6-13-11)10(14)9-8(12)4-7-15-9/h4,7,13H,2-3,5-6H2,1H3. The molecule has 2 heterocycles. The number of Topliss-reactive ketones (excluding diaryl/α,β-unsaturated/α-hetero) is 1. The van der Waals surface area contributed by atoms with Crippen LogP contribution in [-0.2, 0) is 0 Å². The van der Waals surface area contributed by atoms with E-state index in [9.17, 15) is 4.79 Å². The van der Waals surface area contributed by atoms with Crippen molar-refractivity contribution in [3.8, 4) is 0 Å². The second-order valence-electron chi connectivity index (χ2n) is 3.89. The Morgan fingerprint density at radius 3 is 3.00 bits per heavy atom. The van der Waals surface area contributed by atoms with Crippen LogP contribution in [0.2, 0.25) is 0 Å². The summed E-state index contributed by atoms with van der Waals surface area (Å²) in [6, 6.07) is 1.76. The van der Waals surface area contributed by atoms with Crippen molar-refractivity contribution in [2.24, 2.45) is 0 Å². The normalized spacial score (nSPS) is 25.7. The summed E-state index contributed by atoms with van der Waals surface area (Å²) in [6.07, 6.45) is 4.29. The molecule has 1 aromatic rings. The van der Waals surface area contributed by atoms with Crippen molar-refractivity contribution in [3.05, 3.63) is 22.6 Å². The minimum absolute atomic E-state index is 0.0689. The maximum Gasteiger partial charge on any atom is 0.219 e. The Morgan fingerprint density at radius 1 is 1.73 bits per heavy atom. The Bertz CT molecular complexity index is 366. The lowest BCUT2D eigenvalue weighted by Gasteiger charge is -2.25. The number of hydrogen-bond acceptors (Lipinski definition) is 3. The van der Waals surface area contributed by atoms with Gasteiger partial charge in [0.1, 0.15) is 0 Å². The molecule has 2 rings (SSSR count). The number of ketones is 1. The fraction of sp³-hybridized carbons (Fsp3) is 0.545. The molecule has 0 aliphatic carbocycles. The van der Waals surface area contributed by atoms with Crippen LogP contribution >= 0.6 is 15.9 Å². The third-order valence-electron chi connectivity index (χ3n) is 3.11. The van der Waals surface area contributed by atoms with E-state index in [0.29, 0.717) is 5.76 Å². The van der Waals surface area contributed by atoms with Gasteiger partial charge in [-0.1, -0.05) is 6.92 Å². The summed E-state index contributed by atoms with van der Waals surface area (Å²) in [5, 5.41) is 3.30. The first-order valence-electron chi connectivity index (χ1n) is 5.22. The van der Waals surface area contributed by atoms with Crippen molar-refractivity contribution < 1.29 is 9.21 Å². The molecule has 0 radical (unpaired) electrons. The van der Waals surface area contributed by atoms with Crippen LogP contribution in [-0.4, -0.2) is 17.9 Å². The van der Waals surface area contributed by atoms with Gasteiger partial charge in [-0.05, 0) is 47.8 Å². The van der Waals surface area contributed by atoms with Crippen molar-refractivity contribution >= 4 is 21.7 Å². The van der Waals surface area contributed by atoms with Crippen molar-refractivity contribution in [3.63, 3.8) is 0 Å². The predicted molar refractivity (Wildman–Crippen MR) is 61.0 cm³/mol. The minimum atomic E-state index is -0.402. The molecular formula is C11H14BrNO2. The first-order chi connectivity index (χ1) is 7.19. The molecule has 3 nitrogen and oxygen atoms in total. The monoisotopic (exact) mass is 271 g/mol. The Hall–Kier alpha value is -0.610. The fourth-order valence-corrected chi connectivity index (χ4v) is 2.52. The summed E-state index contributed by atoms with van der Waals surface area (Å²) in [4.78, 5) is 12.3. The highest BCUT2D eigenvalue weighted by Gasteiger charge is 2.41. The van der Waals surface area contributed by atoms with Gasteiger partial charge in [0.25, 0.3) is 0 Å². The molecule has 0 saturated carbocycles. The SMILES string of the molecule is CCC1(C(=O)c2occc2Br)CCCN1. The molecule has 1 fully saturated rings. The van der Waals surface area contributed by atoms with E-state index in [2.05, 4.69) is 21.2 Å². The zero-order valence-electron chi connectivity index (χ0n) is 8.68. The molecule has 1 atom stereocenters. The molecule has 1 unspecified atom stereocenters. The van der Waals surface area contributed by atoms with Crippen molar-refractivity contribution in [1.82, 2.24) is 5.32 Å². The second kappa shape index (κ2) is 4.10. The maximum absolute atomic E-state index is 12.3. The van der Waals surface area contributed by atoms with Gasteiger partial charge in [0.15, 0.2) is 5.76 Å². The Morgan fingerprint density at radius 2 is 2.53 bits per heavy atom. The van der Waals surface area contributed by atoms with Gasteiger partial charge in [-0.3, -0.25) is 4.79 Å². The lowest BCUT2D eigenvalue weighted by atomic mass is 9.88. The third kappa shape index (κ3) is 1.76. The molecule has 15 heavy (non-hydrogen) atoms. The van der Waals surface area contributed by atoms with Crippen LogP contribution < -0.4 is 5.32 Å². The predicted octanol–water partition coefficient (Wildman–Crippen LogP) is 2.76. The zero-order chi connectivity index (χ0) is 10.9. The van der Waals surface area contributed by atoms with Crippen LogP contribution in [0.4, 0.5) is 0 Å². The van der Waals surface area contributed by atoms with Gasteiger partial charge in [-0.15, -0.1) is 0 Å². The summed E-state index contributed by atoms with van der Waals surface area (Å²) in [6.45, 7) is 2.95. The zero-order valence-corrected chi connectivity index (χ0v) is 10.3. The van der Waals surface area contributed by atoms with E-state index in [1.54, 1.807) is 6.07 Å². The van der Waals surface area contributed by atoms with Crippen LogP contribution in [0, 0.1) is 0 Å². The number of rotatable bonds is 3. The summed E-state index contributed by atoms with van der Waals surface area (Å²) < 4.78 is 5.97. The van der Waals surface area contributed by atoms with E-state index in [0.717, 1.165) is 30.3 Å². The first kappa shape index (κ1) is 10.9. The lowest BCUT2D eigenvalue weighted by Crippen LogP contribution is -2.46. The van der Waals surface area contributed by atoms with Gasteiger partial charge in [0, 0.05) is 0 Å². The average Bonchev–Trinajstić information content (AvgIpc) is 2.86. The number of nitrogens with one attached hydrogen (secondary N) is 1. The minimum Gasteiger partial charge on any atom is -0.460 e. The van der Waals surface area contributed by atoms with E-state index in [-0.39, 0.29) is 5.78 Å². The number of halogens is 1. The molecule has 4 heteroatoms. The van der Waals surface area contributed by atoms with Crippen molar-refractivity contribution in [1.29, 1.82) is 0 Å². The molecule has 1 saturated heterocycles. The van der Waals surface area contributed by atoms with Gasteiger partial charge in [-0.25, -0.2) is 0 Å². The Labute approximate surface area is 97.4 Å². The van der Waals surface area contributed by atoms with Crippen LogP contribution in [0.5, 0.6) is 0 Å². The van der Waals surface area contributed by atoms with Gasteiger partial charge in [0.05, 0.1) is 16.3 Å². The third-order valence-corrected chi connectivity index (χ3v) is 3.73. The highest BCUT2D eigenvalue weighted by atomic mass is 79.9. The number of carbonyl (C=O) groups is 1. The Balaban J connectivity index is 2.30. The average molecular weight is 272 g/mol. The molecule has 1 aliphatic rings. The van der Waals surface area contributed by atoms with Gasteiger partial charge in [-0.2, -0.15) is 0 Å². The van der Waals surface area contributed by atoms with Gasteiger partial charge in [0.2, 0.25) is 5.78 Å². The van der Waals surface area contributed by atoms with E-state index in [4.69, 9.17) is 4.42 Å². The maximum atomic E-state index is 12.3. The van der Waals surface area contributed by atoms with Gasteiger partial charge < -0.3 is 9.73 Å². The molecule has 1 aromatic heterocycles. The molecule has 82 valence electrons. The quantitative estimate of drug-likeness (QED) is 0.860. The largest absolute Gasteiger partial charge is 0.460 e. The molecule has 0 spiro atoms. The van der Waals surface area contributed by atoms with E-state index < -0.39 is 5.54 Å². The van der Waals surface area contributed by atoms with Gasteiger partial charge >= 0.3 is 0 Å². The Kier molecular flexibility index (Phi) is 2.98. The molecule has 0 amide bonds. The highest BCUT2D eigenvalue weighted by Crippen LogP contribution is 2.30. The molecular weight excluding hydrogens is 258 g/mol. The molecule has 0 aromatic carbocycles. The van der Waals surface area contributed by atoms with E-state index in [1.165, 1.54) is 6.26 Å². The van der Waals surface area contributed by atoms with Crippen LogP contribution in [0.25, 0.3) is 0 Å². The molecule has 0 bridgehead atoms. The van der Waals surface area contributed by atoms with Crippen molar-refractivity contribution in [2.75, 3.05) is 6.54 Å². The summed E-state index contributed by atoms with van der Waals surface area (Å²) >= 11 is 3.32. The number of furan rings is 1. The lowest BCUT2D eigenvalue weighted by molar-refractivity contribution is 0.0833.